The molecule has 2 aliphatic rings. The van der Waals surface area contributed by atoms with Crippen molar-refractivity contribution in [2.24, 2.45) is 0 Å². The normalized spacial score (nSPS) is 19.8. The van der Waals surface area contributed by atoms with Gasteiger partial charge in [0, 0.05) is 43.0 Å². The molecule has 156 valence electrons. The number of imide groups is 1. The summed E-state index contributed by atoms with van der Waals surface area (Å²) in [5.41, 5.74) is 0.532. The second-order valence-electron chi connectivity index (χ2n) is 7.64. The first-order valence-electron chi connectivity index (χ1n) is 9.56. The first kappa shape index (κ1) is 20.1. The van der Waals surface area contributed by atoms with Gasteiger partial charge in [-0.15, -0.1) is 0 Å². The van der Waals surface area contributed by atoms with Crippen LogP contribution in [0.3, 0.4) is 0 Å². The second-order valence-corrected chi connectivity index (χ2v) is 7.64. The zero-order chi connectivity index (χ0) is 21.5. The number of amides is 2. The third kappa shape index (κ3) is 3.44. The van der Waals surface area contributed by atoms with Crippen molar-refractivity contribution in [2.45, 2.75) is 44.1 Å². The average Bonchev–Trinajstić information content (AvgIpc) is 2.95. The molecule has 2 fully saturated rings. The number of alkyl halides is 2. The molecule has 30 heavy (non-hydrogen) atoms. The maximum Gasteiger partial charge on any atom is 0.418 e. The third-order valence-electron chi connectivity index (χ3n) is 5.63. The van der Waals surface area contributed by atoms with E-state index in [0.717, 1.165) is 5.56 Å². The average molecular weight is 415 g/mol. The van der Waals surface area contributed by atoms with Crippen LogP contribution in [0.4, 0.5) is 13.6 Å². The summed E-state index contributed by atoms with van der Waals surface area (Å²) >= 11 is 0. The van der Waals surface area contributed by atoms with Crippen LogP contribution in [0.1, 0.15) is 41.6 Å². The van der Waals surface area contributed by atoms with Crippen molar-refractivity contribution >= 4 is 17.8 Å². The summed E-state index contributed by atoms with van der Waals surface area (Å²) in [7, 11) is 0. The number of ketones is 1. The molecule has 2 aromatic rings. The van der Waals surface area contributed by atoms with Crippen molar-refractivity contribution in [1.82, 2.24) is 15.1 Å². The van der Waals surface area contributed by atoms with Gasteiger partial charge in [0.25, 0.3) is 5.91 Å². The largest absolute Gasteiger partial charge is 0.432 e. The third-order valence-corrected chi connectivity index (χ3v) is 5.63. The van der Waals surface area contributed by atoms with Crippen molar-refractivity contribution in [3.8, 4) is 11.3 Å². The minimum Gasteiger partial charge on any atom is -0.432 e. The lowest BCUT2D eigenvalue weighted by Gasteiger charge is -2.33. The van der Waals surface area contributed by atoms with Crippen LogP contribution in [0.2, 0.25) is 0 Å². The predicted octanol–water partition coefficient (Wildman–Crippen LogP) is 3.56. The van der Waals surface area contributed by atoms with Crippen LogP contribution >= 0.6 is 0 Å². The van der Waals surface area contributed by atoms with Gasteiger partial charge in [0.2, 0.25) is 5.92 Å². The number of hydrogen-bond acceptors (Lipinski definition) is 6. The Hall–Kier alpha value is -3.23. The molecule has 0 radical (unpaired) electrons. The van der Waals surface area contributed by atoms with E-state index in [1.54, 1.807) is 30.3 Å². The summed E-state index contributed by atoms with van der Waals surface area (Å²) in [6.45, 7) is 1.29. The van der Waals surface area contributed by atoms with Gasteiger partial charge in [0.15, 0.2) is 11.4 Å². The fraction of sp³-hybridized carbons (Fsp3) is 0.381. The minimum atomic E-state index is -2.88. The maximum atomic E-state index is 13.5. The molecular weight excluding hydrogens is 396 g/mol. The van der Waals surface area contributed by atoms with Crippen LogP contribution in [-0.2, 0) is 9.53 Å². The Balaban J connectivity index is 1.58. The van der Waals surface area contributed by atoms with Crippen molar-refractivity contribution in [3.05, 3.63) is 47.7 Å². The monoisotopic (exact) mass is 415 g/mol. The van der Waals surface area contributed by atoms with E-state index < -0.39 is 48.7 Å². The molecule has 1 aromatic carbocycles. The van der Waals surface area contributed by atoms with E-state index in [2.05, 4.69) is 10.2 Å². The molecule has 1 saturated heterocycles. The lowest BCUT2D eigenvalue weighted by Crippen LogP contribution is -2.47. The number of hydrogen-bond donors (Lipinski definition) is 0. The topological polar surface area (TPSA) is 89.5 Å². The van der Waals surface area contributed by atoms with Gasteiger partial charge < -0.3 is 4.74 Å². The van der Waals surface area contributed by atoms with Gasteiger partial charge >= 0.3 is 6.09 Å². The summed E-state index contributed by atoms with van der Waals surface area (Å²) in [4.78, 5) is 38.9. The summed E-state index contributed by atoms with van der Waals surface area (Å²) in [6, 6.07) is 8.45. The molecule has 2 amide bonds. The van der Waals surface area contributed by atoms with Crippen molar-refractivity contribution in [2.75, 3.05) is 6.54 Å². The van der Waals surface area contributed by atoms with E-state index in [4.69, 9.17) is 4.74 Å². The minimum absolute atomic E-state index is 0.259. The van der Waals surface area contributed by atoms with Crippen molar-refractivity contribution in [3.63, 3.8) is 0 Å². The Morgan fingerprint density at radius 2 is 1.83 bits per heavy atom. The fourth-order valence-electron chi connectivity index (χ4n) is 3.89. The van der Waals surface area contributed by atoms with Gasteiger partial charge in [-0.2, -0.15) is 10.2 Å². The molecule has 1 saturated carbocycles. The molecule has 1 spiro atoms. The number of carbonyl (C=O) groups excluding carboxylic acids is 3. The van der Waals surface area contributed by atoms with Crippen LogP contribution in [0, 0.1) is 6.92 Å². The van der Waals surface area contributed by atoms with Crippen LogP contribution in [0.5, 0.6) is 0 Å². The molecule has 1 aliphatic carbocycles. The lowest BCUT2D eigenvalue weighted by molar-refractivity contribution is -0.146. The molecule has 0 atom stereocenters. The summed E-state index contributed by atoms with van der Waals surface area (Å²) in [6.07, 6.45) is -1.04. The van der Waals surface area contributed by atoms with E-state index in [1.807, 2.05) is 6.92 Å². The molecular formula is C21H19F2N3O4. The van der Waals surface area contributed by atoms with E-state index in [9.17, 15) is 23.2 Å². The quantitative estimate of drug-likeness (QED) is 0.710. The molecule has 7 nitrogen and oxygen atoms in total. The Morgan fingerprint density at radius 1 is 1.13 bits per heavy atom. The molecule has 0 N–H and O–H groups in total. The van der Waals surface area contributed by atoms with Crippen LogP contribution < -0.4 is 0 Å². The molecule has 4 rings (SSSR count). The van der Waals surface area contributed by atoms with Crippen molar-refractivity contribution in [1.29, 1.82) is 0 Å². The highest BCUT2D eigenvalue weighted by Crippen LogP contribution is 2.44. The number of aryl methyl sites for hydroxylation is 1. The Morgan fingerprint density at radius 3 is 2.53 bits per heavy atom. The molecule has 0 unspecified atom stereocenters. The lowest BCUT2D eigenvalue weighted by atomic mass is 9.82. The SMILES string of the molecule is Cc1ccnnc1-c1ccccc1C(=O)CN1C(=O)OC2(CCC(F)(F)CC2)C1=O. The smallest absolute Gasteiger partial charge is 0.418 e. The Bertz CT molecular complexity index is 1030. The van der Waals surface area contributed by atoms with Crippen LogP contribution in [-0.4, -0.2) is 50.9 Å². The first-order chi connectivity index (χ1) is 14.2. The molecule has 1 aliphatic heterocycles. The number of benzene rings is 1. The standard InChI is InChI=1S/C21H19F2N3O4/c1-13-6-11-24-25-17(13)15-5-3-2-4-14(15)16(27)12-26-18(28)20(30-19(26)29)7-9-21(22,23)10-8-20/h2-6,11H,7-10,12H2,1H3. The number of halogens is 2. The number of nitrogens with zero attached hydrogens (tertiary/aromatic N) is 3. The zero-order valence-corrected chi connectivity index (χ0v) is 16.2. The van der Waals surface area contributed by atoms with Gasteiger partial charge in [0.1, 0.15) is 0 Å². The van der Waals surface area contributed by atoms with Gasteiger partial charge in [-0.05, 0) is 18.6 Å². The summed E-state index contributed by atoms with van der Waals surface area (Å²) in [5.74, 6) is -4.10. The first-order valence-corrected chi connectivity index (χ1v) is 9.56. The molecule has 2 heterocycles. The zero-order valence-electron chi connectivity index (χ0n) is 16.2. The summed E-state index contributed by atoms with van der Waals surface area (Å²) < 4.78 is 32.2. The Kier molecular flexibility index (Phi) is 4.83. The van der Waals surface area contributed by atoms with Crippen LogP contribution in [0.15, 0.2) is 36.5 Å². The number of ether oxygens (including phenoxy) is 1. The van der Waals surface area contributed by atoms with E-state index in [0.29, 0.717) is 16.2 Å². The van der Waals surface area contributed by atoms with E-state index in [-0.39, 0.29) is 18.4 Å². The fourth-order valence-corrected chi connectivity index (χ4v) is 3.89. The maximum absolute atomic E-state index is 13.5. The predicted molar refractivity (Wildman–Crippen MR) is 101 cm³/mol. The number of rotatable bonds is 4. The molecule has 9 heteroatoms. The highest BCUT2D eigenvalue weighted by Gasteiger charge is 2.58. The highest BCUT2D eigenvalue weighted by atomic mass is 19.3. The highest BCUT2D eigenvalue weighted by molar-refractivity contribution is 6.10. The summed E-state index contributed by atoms with van der Waals surface area (Å²) in [5, 5.41) is 7.95. The van der Waals surface area contributed by atoms with E-state index in [1.165, 1.54) is 6.20 Å². The van der Waals surface area contributed by atoms with Crippen molar-refractivity contribution < 1.29 is 27.9 Å². The van der Waals surface area contributed by atoms with Gasteiger partial charge in [0.05, 0.1) is 12.2 Å². The van der Waals surface area contributed by atoms with E-state index >= 15 is 0 Å². The number of Topliss-reactive ketones (excluding diaryl/α,β-unsaturated/α-hetero) is 1. The Labute approximate surface area is 171 Å². The number of aromatic nitrogens is 2. The molecule has 1 aromatic heterocycles. The molecule has 0 bridgehead atoms. The van der Waals surface area contributed by atoms with Gasteiger partial charge in [-0.3, -0.25) is 9.59 Å². The second kappa shape index (κ2) is 7.23. The number of carbonyl (C=O) groups is 3. The van der Waals surface area contributed by atoms with Gasteiger partial charge in [-0.25, -0.2) is 18.5 Å². The van der Waals surface area contributed by atoms with Crippen LogP contribution in [0.25, 0.3) is 11.3 Å². The van der Waals surface area contributed by atoms with Gasteiger partial charge in [-0.1, -0.05) is 24.3 Å².